The van der Waals surface area contributed by atoms with E-state index in [2.05, 4.69) is 0 Å². The topological polar surface area (TPSA) is 49.8 Å². The Morgan fingerprint density at radius 2 is 2.18 bits per heavy atom. The summed E-state index contributed by atoms with van der Waals surface area (Å²) in [7, 11) is 0. The van der Waals surface area contributed by atoms with Crippen LogP contribution in [0.25, 0.3) is 0 Å². The molecule has 0 radical (unpaired) electrons. The molecule has 0 bridgehead atoms. The molecule has 0 unspecified atom stereocenters. The number of ether oxygens (including phenoxy) is 1. The lowest BCUT2D eigenvalue weighted by Crippen LogP contribution is -2.33. The first-order chi connectivity index (χ1) is 8.20. The lowest BCUT2D eigenvalue weighted by atomic mass is 10.1. The van der Waals surface area contributed by atoms with E-state index < -0.39 is 0 Å². The number of aromatic hydroxyl groups is 1. The van der Waals surface area contributed by atoms with Crippen LogP contribution in [0.15, 0.2) is 18.2 Å². The number of hydrogen-bond donors (Lipinski definition) is 1. The average Bonchev–Trinajstić information content (AvgIpc) is 2.60. The van der Waals surface area contributed by atoms with E-state index in [1.807, 2.05) is 0 Å². The number of carbonyl (C=O) groups excluding carboxylic acids is 1. The molecule has 1 aliphatic rings. The van der Waals surface area contributed by atoms with Gasteiger partial charge < -0.3 is 14.7 Å². The molecule has 1 heterocycles. The molecule has 4 heteroatoms. The molecule has 1 aliphatic heterocycles. The molecule has 1 aromatic rings. The van der Waals surface area contributed by atoms with Crippen molar-refractivity contribution in [2.75, 3.05) is 26.3 Å². The predicted octanol–water partition coefficient (Wildman–Crippen LogP) is 1.56. The summed E-state index contributed by atoms with van der Waals surface area (Å²) in [5.41, 5.74) is 1.22. The number of amides is 1. The number of nitrogens with zero attached hydrogens (tertiary/aromatic N) is 1. The van der Waals surface area contributed by atoms with Crippen molar-refractivity contribution >= 4 is 5.91 Å². The highest BCUT2D eigenvalue weighted by Gasteiger charge is 2.19. The van der Waals surface area contributed by atoms with Crippen LogP contribution in [0.4, 0.5) is 0 Å². The van der Waals surface area contributed by atoms with E-state index in [0.29, 0.717) is 37.4 Å². The zero-order chi connectivity index (χ0) is 12.3. The van der Waals surface area contributed by atoms with Crippen molar-refractivity contribution < 1.29 is 14.6 Å². The molecule has 0 aliphatic carbocycles. The summed E-state index contributed by atoms with van der Waals surface area (Å²) >= 11 is 0. The Labute approximate surface area is 101 Å². The Bertz CT molecular complexity index is 409. The van der Waals surface area contributed by atoms with Gasteiger partial charge in [0.25, 0.3) is 5.91 Å². The summed E-state index contributed by atoms with van der Waals surface area (Å²) in [6.45, 7) is 4.39. The minimum atomic E-state index is -0.0242. The number of hydrogen-bond acceptors (Lipinski definition) is 3. The van der Waals surface area contributed by atoms with E-state index in [0.717, 1.165) is 6.42 Å². The molecule has 1 amide bonds. The third kappa shape index (κ3) is 2.58. The fourth-order valence-electron chi connectivity index (χ4n) is 1.97. The van der Waals surface area contributed by atoms with Crippen molar-refractivity contribution in [3.05, 3.63) is 29.3 Å². The van der Waals surface area contributed by atoms with Crippen LogP contribution in [0.5, 0.6) is 5.75 Å². The van der Waals surface area contributed by atoms with E-state index in [1.165, 1.54) is 0 Å². The first-order valence-corrected chi connectivity index (χ1v) is 5.86. The van der Waals surface area contributed by atoms with Crippen LogP contribution in [0.2, 0.25) is 0 Å². The number of carbonyl (C=O) groups is 1. The van der Waals surface area contributed by atoms with Crippen LogP contribution in [-0.4, -0.2) is 42.2 Å². The largest absolute Gasteiger partial charge is 0.508 e. The standard InChI is InChI=1S/C13H17NO3/c1-10-11(4-2-5-12(10)15)13(16)14-6-3-8-17-9-7-14/h2,4-5,15H,3,6-9H2,1H3. The lowest BCUT2D eigenvalue weighted by Gasteiger charge is -2.20. The Morgan fingerprint density at radius 1 is 1.35 bits per heavy atom. The molecule has 4 nitrogen and oxygen atoms in total. The van der Waals surface area contributed by atoms with Gasteiger partial charge in [-0.05, 0) is 25.5 Å². The third-order valence-corrected chi connectivity index (χ3v) is 3.05. The van der Waals surface area contributed by atoms with Gasteiger partial charge in [0.05, 0.1) is 6.61 Å². The second kappa shape index (κ2) is 5.19. The van der Waals surface area contributed by atoms with Crippen LogP contribution >= 0.6 is 0 Å². The molecule has 1 saturated heterocycles. The van der Waals surface area contributed by atoms with Crippen LogP contribution in [0, 0.1) is 6.92 Å². The van der Waals surface area contributed by atoms with Gasteiger partial charge in [0, 0.05) is 30.8 Å². The fraction of sp³-hybridized carbons (Fsp3) is 0.462. The SMILES string of the molecule is Cc1c(O)cccc1C(=O)N1CCCOCC1. The molecule has 2 rings (SSSR count). The molecule has 1 aromatic carbocycles. The summed E-state index contributed by atoms with van der Waals surface area (Å²) < 4.78 is 5.32. The maximum atomic E-state index is 12.3. The smallest absolute Gasteiger partial charge is 0.254 e. The van der Waals surface area contributed by atoms with Crippen LogP contribution in [0.3, 0.4) is 0 Å². The highest BCUT2D eigenvalue weighted by atomic mass is 16.5. The quantitative estimate of drug-likeness (QED) is 0.803. The molecular formula is C13H17NO3. The Kier molecular flexibility index (Phi) is 3.64. The zero-order valence-corrected chi connectivity index (χ0v) is 9.98. The van der Waals surface area contributed by atoms with E-state index in [1.54, 1.807) is 30.0 Å². The second-order valence-corrected chi connectivity index (χ2v) is 4.21. The van der Waals surface area contributed by atoms with Gasteiger partial charge in [0.1, 0.15) is 5.75 Å². The molecular weight excluding hydrogens is 218 g/mol. The first-order valence-electron chi connectivity index (χ1n) is 5.86. The van der Waals surface area contributed by atoms with Crippen LogP contribution < -0.4 is 0 Å². The van der Waals surface area contributed by atoms with Gasteiger partial charge in [-0.1, -0.05) is 6.07 Å². The fourth-order valence-corrected chi connectivity index (χ4v) is 1.97. The number of phenols is 1. The Balaban J connectivity index is 2.20. The molecule has 0 atom stereocenters. The van der Waals surface area contributed by atoms with Crippen LogP contribution in [-0.2, 0) is 4.74 Å². The Morgan fingerprint density at radius 3 is 3.00 bits per heavy atom. The summed E-state index contributed by atoms with van der Waals surface area (Å²) in [6, 6.07) is 5.05. The maximum absolute atomic E-state index is 12.3. The maximum Gasteiger partial charge on any atom is 0.254 e. The zero-order valence-electron chi connectivity index (χ0n) is 9.98. The number of phenolic OH excluding ortho intramolecular Hbond substituents is 1. The monoisotopic (exact) mass is 235 g/mol. The van der Waals surface area contributed by atoms with Crippen molar-refractivity contribution in [2.45, 2.75) is 13.3 Å². The highest BCUT2D eigenvalue weighted by Crippen LogP contribution is 2.21. The molecule has 1 fully saturated rings. The molecule has 0 aromatic heterocycles. The van der Waals surface area contributed by atoms with Gasteiger partial charge >= 0.3 is 0 Å². The van der Waals surface area contributed by atoms with E-state index in [9.17, 15) is 9.90 Å². The summed E-state index contributed by atoms with van der Waals surface area (Å²) in [4.78, 5) is 14.1. The van der Waals surface area contributed by atoms with Crippen molar-refractivity contribution in [1.82, 2.24) is 4.90 Å². The molecule has 0 saturated carbocycles. The van der Waals surface area contributed by atoms with E-state index >= 15 is 0 Å². The van der Waals surface area contributed by atoms with E-state index in [-0.39, 0.29) is 11.7 Å². The second-order valence-electron chi connectivity index (χ2n) is 4.21. The highest BCUT2D eigenvalue weighted by molar-refractivity contribution is 5.96. The molecule has 17 heavy (non-hydrogen) atoms. The van der Waals surface area contributed by atoms with Gasteiger partial charge in [-0.3, -0.25) is 4.79 Å². The number of benzene rings is 1. The summed E-state index contributed by atoms with van der Waals surface area (Å²) in [5, 5.41) is 9.61. The molecule has 1 N–H and O–H groups in total. The Hall–Kier alpha value is -1.55. The summed E-state index contributed by atoms with van der Waals surface area (Å²) in [6.07, 6.45) is 0.865. The minimum absolute atomic E-state index is 0.0242. The first kappa shape index (κ1) is 11.9. The van der Waals surface area contributed by atoms with Crippen LogP contribution in [0.1, 0.15) is 22.3 Å². The van der Waals surface area contributed by atoms with Crippen molar-refractivity contribution in [2.24, 2.45) is 0 Å². The van der Waals surface area contributed by atoms with Crippen molar-refractivity contribution in [3.8, 4) is 5.75 Å². The third-order valence-electron chi connectivity index (χ3n) is 3.05. The average molecular weight is 235 g/mol. The van der Waals surface area contributed by atoms with Gasteiger partial charge in [0.2, 0.25) is 0 Å². The normalized spacial score (nSPS) is 16.6. The summed E-state index contributed by atoms with van der Waals surface area (Å²) in [5.74, 6) is 0.144. The van der Waals surface area contributed by atoms with E-state index in [4.69, 9.17) is 4.74 Å². The molecule has 0 spiro atoms. The van der Waals surface area contributed by atoms with Gasteiger partial charge in [-0.25, -0.2) is 0 Å². The van der Waals surface area contributed by atoms with Crippen molar-refractivity contribution in [1.29, 1.82) is 0 Å². The minimum Gasteiger partial charge on any atom is -0.508 e. The van der Waals surface area contributed by atoms with Gasteiger partial charge in [0.15, 0.2) is 0 Å². The number of rotatable bonds is 1. The van der Waals surface area contributed by atoms with Gasteiger partial charge in [-0.15, -0.1) is 0 Å². The molecule has 92 valence electrons. The lowest BCUT2D eigenvalue weighted by molar-refractivity contribution is 0.0740. The predicted molar refractivity (Wildman–Crippen MR) is 64.2 cm³/mol. The van der Waals surface area contributed by atoms with Crippen molar-refractivity contribution in [3.63, 3.8) is 0 Å². The van der Waals surface area contributed by atoms with Gasteiger partial charge in [-0.2, -0.15) is 0 Å².